The third kappa shape index (κ3) is 23.0. The molecule has 112 heavy (non-hydrogen) atoms. The third-order valence-corrected chi connectivity index (χ3v) is 20.6. The second-order valence-electron chi connectivity index (χ2n) is 27.1. The highest BCUT2D eigenvalue weighted by molar-refractivity contribution is 5.05. The molecule has 21 heterocycles. The fraction of sp³-hybridized carbons (Fsp3) is 0.818. The van der Waals surface area contributed by atoms with Gasteiger partial charge in [-0.2, -0.15) is 0 Å². The van der Waals surface area contributed by atoms with Crippen molar-refractivity contribution in [1.82, 2.24) is 0 Å². The van der Waals surface area contributed by atoms with Crippen LogP contribution in [-0.4, -0.2) is 407 Å². The molecule has 21 saturated heterocycles. The summed E-state index contributed by atoms with van der Waals surface area (Å²) in [7, 11) is 20.9. The largest absolute Gasteiger partial charge is 0.376 e. The smallest absolute Gasteiger partial charge is 0.187 e. The van der Waals surface area contributed by atoms with Crippen molar-refractivity contribution in [2.75, 3.05) is 192 Å². The van der Waals surface area contributed by atoms with Crippen molar-refractivity contribution in [3.8, 4) is 0 Å². The van der Waals surface area contributed by atoms with Crippen molar-refractivity contribution < 1.29 is 166 Å². The van der Waals surface area contributed by atoms with Crippen LogP contribution in [0.15, 0.2) is 88.6 Å². The minimum atomic E-state index is -1.30. The van der Waals surface area contributed by atoms with E-state index in [1.54, 1.807) is 42.5 Å². The molecule has 21 aliphatic rings. The molecule has 0 unspecified atom stereocenters. The van der Waals surface area contributed by atoms with E-state index in [4.69, 9.17) is 166 Å². The van der Waals surface area contributed by atoms with Crippen LogP contribution in [0.4, 0.5) is 0 Å². The zero-order valence-corrected chi connectivity index (χ0v) is 67.4. The molecule has 0 N–H and O–H groups in total. The first-order valence-electron chi connectivity index (χ1n) is 37.6. The van der Waals surface area contributed by atoms with Gasteiger partial charge >= 0.3 is 0 Å². The molecule has 0 saturated carbocycles. The highest BCUT2D eigenvalue weighted by atomic mass is 16.8. The molecule has 21 rings (SSSR count). The molecule has 35 atom stereocenters. The normalized spacial score (nSPS) is 41.5. The van der Waals surface area contributed by atoms with Crippen molar-refractivity contribution in [2.24, 2.45) is 0 Å². The third-order valence-electron chi connectivity index (χ3n) is 20.6. The average molecular weight is 1610 g/mol. The van der Waals surface area contributed by atoms with Crippen molar-refractivity contribution in [3.05, 3.63) is 88.6 Å². The van der Waals surface area contributed by atoms with Crippen LogP contribution in [0.1, 0.15) is 0 Å². The lowest BCUT2D eigenvalue weighted by molar-refractivity contribution is -0.403. The first-order chi connectivity index (χ1) is 54.7. The maximum Gasteiger partial charge on any atom is 0.187 e. The van der Waals surface area contributed by atoms with Gasteiger partial charge in [-0.25, -0.2) is 0 Å². The summed E-state index contributed by atoms with van der Waals surface area (Å²) < 4.78 is 232. The summed E-state index contributed by atoms with van der Waals surface area (Å²) in [5.41, 5.74) is 0. The molecular weight excluding hydrogens is 1480 g/mol. The van der Waals surface area contributed by atoms with Crippen molar-refractivity contribution in [3.63, 3.8) is 0 Å². The molecule has 0 spiro atoms. The van der Waals surface area contributed by atoms with Gasteiger partial charge in [-0.1, -0.05) is 42.5 Å². The summed E-state index contributed by atoms with van der Waals surface area (Å²) >= 11 is 0. The van der Waals surface area contributed by atoms with E-state index < -0.39 is 215 Å². The lowest BCUT2D eigenvalue weighted by Gasteiger charge is -2.52. The van der Waals surface area contributed by atoms with Crippen LogP contribution in [0.2, 0.25) is 0 Å². The van der Waals surface area contributed by atoms with E-state index in [0.29, 0.717) is 0 Å². The Labute approximate surface area is 659 Å². The number of hydrogen-bond acceptors (Lipinski definition) is 35. The number of hydrogen-bond donors (Lipinski definition) is 0. The SMILES string of the molecule is C=CCOC[C@H]1O[C@@H]2O[C@H]3[C@H](OC)[C@@H](OC)[C@@H](O[C@H]4[C@@H](OC)[C@@H](OC)[C@@H](O[C@H]5[C@@H](OC)[C@@H](OC)[C@@H](O[C@H]6[C@@H](OC)[C@@H](OC)[C@@H](O[C@H]7[C@H](OC)[C@@H](OC)[C@@H](O[C@H]8[C@H](OC)[C@@H](OC)[C@@H](O[C@H]1[C@H](OC)[C@H]2OC)O[C@@H]8COCC=C)O[C@@H]7COCC=C)O[C@@H]6COCC=C)O[C@@H]5COCC=C)O[C@@H]4COCC=C)O[C@@H]3COCC=C. The van der Waals surface area contributed by atoms with Crippen LogP contribution in [0.25, 0.3) is 0 Å². The van der Waals surface area contributed by atoms with E-state index in [0.717, 1.165) is 0 Å². The Morgan fingerprint density at radius 3 is 0.366 bits per heavy atom. The topological polar surface area (TPSA) is 323 Å². The van der Waals surface area contributed by atoms with E-state index in [2.05, 4.69) is 46.1 Å². The fourth-order valence-electron chi connectivity index (χ4n) is 15.6. The molecule has 21 aliphatic heterocycles. The van der Waals surface area contributed by atoms with Gasteiger partial charge in [0.05, 0.1) is 92.5 Å². The fourth-order valence-corrected chi connectivity index (χ4v) is 15.6. The minimum Gasteiger partial charge on any atom is -0.376 e. The molecule has 0 aromatic carbocycles. The molecule has 0 aromatic rings. The molecular formula is C77H126O35. The molecule has 0 aliphatic carbocycles. The summed E-state index contributed by atoms with van der Waals surface area (Å²) in [5.74, 6) is 0. The highest BCUT2D eigenvalue weighted by Gasteiger charge is 2.62. The Hall–Kier alpha value is -3.22. The molecule has 21 fully saturated rings. The van der Waals surface area contributed by atoms with Gasteiger partial charge in [0.15, 0.2) is 44.0 Å². The van der Waals surface area contributed by atoms with E-state index >= 15 is 0 Å². The van der Waals surface area contributed by atoms with Gasteiger partial charge in [-0.3, -0.25) is 0 Å². The van der Waals surface area contributed by atoms with Crippen LogP contribution >= 0.6 is 0 Å². The number of ether oxygens (including phenoxy) is 35. The van der Waals surface area contributed by atoms with Crippen LogP contribution in [0.3, 0.4) is 0 Å². The van der Waals surface area contributed by atoms with E-state index in [9.17, 15) is 0 Å². The van der Waals surface area contributed by atoms with Gasteiger partial charge in [-0.05, 0) is 0 Å². The Bertz CT molecular complexity index is 2200. The van der Waals surface area contributed by atoms with E-state index in [1.165, 1.54) is 99.5 Å². The van der Waals surface area contributed by atoms with Gasteiger partial charge in [0, 0.05) is 99.5 Å². The molecule has 14 bridgehead atoms. The summed E-state index contributed by atoms with van der Waals surface area (Å²) in [5, 5.41) is 0. The molecule has 0 amide bonds. The summed E-state index contributed by atoms with van der Waals surface area (Å²) in [6, 6.07) is 0. The van der Waals surface area contributed by atoms with Crippen molar-refractivity contribution >= 4 is 0 Å². The van der Waals surface area contributed by atoms with Gasteiger partial charge in [0.1, 0.15) is 171 Å². The average Bonchev–Trinajstić information content (AvgIpc) is 0.767. The van der Waals surface area contributed by atoms with Crippen LogP contribution in [0, 0.1) is 0 Å². The lowest BCUT2D eigenvalue weighted by Crippen LogP contribution is -2.69. The summed E-state index contributed by atoms with van der Waals surface area (Å²) in [6.45, 7) is 27.3. The van der Waals surface area contributed by atoms with Gasteiger partial charge < -0.3 is 166 Å². The summed E-state index contributed by atoms with van der Waals surface area (Å²) in [6.07, 6.45) is -27.5. The highest BCUT2D eigenvalue weighted by Crippen LogP contribution is 2.43. The molecule has 35 heteroatoms. The Kier molecular flexibility index (Phi) is 41.5. The zero-order chi connectivity index (χ0) is 80.8. The molecule has 35 nitrogen and oxygen atoms in total. The van der Waals surface area contributed by atoms with Crippen molar-refractivity contribution in [1.29, 1.82) is 0 Å². The summed E-state index contributed by atoms with van der Waals surface area (Å²) in [4.78, 5) is 0. The zero-order valence-electron chi connectivity index (χ0n) is 67.4. The monoisotopic (exact) mass is 1610 g/mol. The Morgan fingerprint density at radius 2 is 0.277 bits per heavy atom. The quantitative estimate of drug-likeness (QED) is 0.0625. The van der Waals surface area contributed by atoms with Gasteiger partial charge in [-0.15, -0.1) is 46.1 Å². The predicted octanol–water partition coefficient (Wildman–Crippen LogP) is 2.40. The number of rotatable bonds is 42. The van der Waals surface area contributed by atoms with E-state index in [-0.39, 0.29) is 92.5 Å². The van der Waals surface area contributed by atoms with Gasteiger partial charge in [0.25, 0.3) is 0 Å². The maximum absolute atomic E-state index is 7.18. The van der Waals surface area contributed by atoms with Crippen molar-refractivity contribution in [2.45, 2.75) is 215 Å². The molecule has 644 valence electrons. The standard InChI is InChI=1S/C77H126O35/c1-22-29-92-36-43-50-57(78-8)64(85-15)71(99-43)107-51-44(37-93-30-23-2)101-73(66(87-17)58(51)79-9)109-53-46(39-95-32-25-4)103-75(68(89-19)60(53)81-11)111-55-48(41-97-34-27-6)105-77(70(91-21)62(55)83-13)112-56-49(42-98-35-28-7)104-76(69(90-20)63(56)84-14)110-54-47(40-96-33-26-5)102-74(67(88-18)61(54)82-12)108-52-45(38-94-31-24-3)100-72(106-50)65(86-16)59(52)80-10/h22-28,43-77H,1-7,29-42H2,8-21H3/t43-,44-,45-,46-,47-,48-,49-,50-,51-,52-,53-,54-,55-,56-,57-,58-,59-,60+,61+,62+,63+,64-,65-,66-,67-,68-,69-,70-,71-,72-,73-,74-,75-,76-,77-/m1/s1. The van der Waals surface area contributed by atoms with E-state index in [1.807, 2.05) is 0 Å². The van der Waals surface area contributed by atoms with Gasteiger partial charge in [0.2, 0.25) is 0 Å². The van der Waals surface area contributed by atoms with Crippen LogP contribution in [-0.2, 0) is 166 Å². The number of methoxy groups -OCH3 is 14. The second-order valence-corrected chi connectivity index (χ2v) is 27.1. The molecule has 0 radical (unpaired) electrons. The second kappa shape index (κ2) is 49.4. The van der Waals surface area contributed by atoms with Crippen LogP contribution < -0.4 is 0 Å². The Morgan fingerprint density at radius 1 is 0.170 bits per heavy atom. The van der Waals surface area contributed by atoms with Crippen LogP contribution in [0.5, 0.6) is 0 Å². The Balaban J connectivity index is 1.30. The predicted molar refractivity (Wildman–Crippen MR) is 393 cm³/mol. The lowest BCUT2D eigenvalue weighted by atomic mass is 9.94. The first kappa shape index (κ1) is 94.3. The minimum absolute atomic E-state index is 0.109. The molecule has 0 aromatic heterocycles. The first-order valence-corrected chi connectivity index (χ1v) is 37.6. The maximum atomic E-state index is 7.18.